The number of carbonyl (C=O) groups excluding carboxylic acids is 2. The van der Waals surface area contributed by atoms with E-state index in [1.807, 2.05) is 17.5 Å². The quantitative estimate of drug-likeness (QED) is 0.337. The van der Waals surface area contributed by atoms with E-state index in [1.165, 1.54) is 29.5 Å². The van der Waals surface area contributed by atoms with E-state index in [1.54, 1.807) is 0 Å². The number of rotatable bonds is 8. The van der Waals surface area contributed by atoms with Crippen LogP contribution in [0.5, 0.6) is 0 Å². The van der Waals surface area contributed by atoms with Crippen molar-refractivity contribution in [3.63, 3.8) is 0 Å². The molecular weight excluding hydrogens is 465 g/mol. The molecule has 0 unspecified atom stereocenters. The first kappa shape index (κ1) is 23.5. The van der Waals surface area contributed by atoms with Crippen LogP contribution in [0.25, 0.3) is 0 Å². The molecule has 7 nitrogen and oxygen atoms in total. The molecule has 0 bridgehead atoms. The second-order valence-corrected chi connectivity index (χ2v) is 8.45. The Bertz CT molecular complexity index is 1150. The second kappa shape index (κ2) is 10.5. The van der Waals surface area contributed by atoms with E-state index in [-0.39, 0.29) is 34.6 Å². The number of anilines is 1. The SMILES string of the molecule is O=C(Cc1cc(=O)[nH]c(SCC(=O)Nc2ccccc2C(F)(F)F)n1)NCc1cccs1. The Balaban J connectivity index is 1.57. The summed E-state index contributed by atoms with van der Waals surface area (Å²) in [7, 11) is 0. The van der Waals surface area contributed by atoms with Gasteiger partial charge in [0.05, 0.1) is 35.7 Å². The van der Waals surface area contributed by atoms with Crippen LogP contribution in [0.1, 0.15) is 16.1 Å². The van der Waals surface area contributed by atoms with Gasteiger partial charge in [-0.25, -0.2) is 4.98 Å². The number of thioether (sulfide) groups is 1. The van der Waals surface area contributed by atoms with Crippen LogP contribution in [0.2, 0.25) is 0 Å². The number of alkyl halides is 3. The van der Waals surface area contributed by atoms with Gasteiger partial charge in [0.25, 0.3) is 5.56 Å². The van der Waals surface area contributed by atoms with Crippen molar-refractivity contribution < 1.29 is 22.8 Å². The highest BCUT2D eigenvalue weighted by atomic mass is 32.2. The van der Waals surface area contributed by atoms with Crippen LogP contribution in [0.15, 0.2) is 57.8 Å². The lowest BCUT2D eigenvalue weighted by Crippen LogP contribution is -2.25. The number of para-hydroxylation sites is 1. The minimum absolute atomic E-state index is 0.0813. The summed E-state index contributed by atoms with van der Waals surface area (Å²) < 4.78 is 39.1. The average molecular weight is 483 g/mol. The lowest BCUT2D eigenvalue weighted by Gasteiger charge is -2.13. The maximum absolute atomic E-state index is 13.0. The summed E-state index contributed by atoms with van der Waals surface area (Å²) in [5, 5.41) is 6.91. The van der Waals surface area contributed by atoms with E-state index < -0.39 is 23.2 Å². The maximum Gasteiger partial charge on any atom is 0.418 e. The summed E-state index contributed by atoms with van der Waals surface area (Å²) in [6, 6.07) is 9.55. The predicted molar refractivity (Wildman–Crippen MR) is 116 cm³/mol. The normalized spacial score (nSPS) is 11.2. The van der Waals surface area contributed by atoms with E-state index in [0.29, 0.717) is 6.54 Å². The highest BCUT2D eigenvalue weighted by Crippen LogP contribution is 2.34. The molecule has 2 amide bonds. The summed E-state index contributed by atoms with van der Waals surface area (Å²) in [6.45, 7) is 0.362. The predicted octanol–water partition coefficient (Wildman–Crippen LogP) is 3.44. The molecule has 3 aromatic rings. The molecule has 0 aliphatic heterocycles. The zero-order valence-electron chi connectivity index (χ0n) is 16.4. The van der Waals surface area contributed by atoms with Crippen LogP contribution in [0.3, 0.4) is 0 Å². The second-order valence-electron chi connectivity index (χ2n) is 6.45. The monoisotopic (exact) mass is 482 g/mol. The van der Waals surface area contributed by atoms with Gasteiger partial charge in [0.1, 0.15) is 0 Å². The van der Waals surface area contributed by atoms with Gasteiger partial charge in [-0.2, -0.15) is 13.2 Å². The Hall–Kier alpha value is -3.12. The van der Waals surface area contributed by atoms with Crippen molar-refractivity contribution in [3.05, 3.63) is 74.3 Å². The molecule has 0 radical (unpaired) electrons. The molecule has 0 atom stereocenters. The number of nitrogens with one attached hydrogen (secondary N) is 3. The van der Waals surface area contributed by atoms with Gasteiger partial charge in [0, 0.05) is 10.9 Å². The summed E-state index contributed by atoms with van der Waals surface area (Å²) in [4.78, 5) is 43.6. The molecule has 32 heavy (non-hydrogen) atoms. The van der Waals surface area contributed by atoms with E-state index in [2.05, 4.69) is 20.6 Å². The number of thiophene rings is 1. The Morgan fingerprint density at radius 2 is 1.91 bits per heavy atom. The van der Waals surface area contributed by atoms with Gasteiger partial charge in [-0.3, -0.25) is 14.4 Å². The Labute approximate surface area is 188 Å². The molecule has 12 heteroatoms. The minimum atomic E-state index is -4.61. The summed E-state index contributed by atoms with van der Waals surface area (Å²) >= 11 is 2.34. The van der Waals surface area contributed by atoms with Crippen molar-refractivity contribution in [2.24, 2.45) is 0 Å². The fourth-order valence-corrected chi connectivity index (χ4v) is 3.97. The highest BCUT2D eigenvalue weighted by molar-refractivity contribution is 7.99. The molecular formula is C20H17F3N4O3S2. The number of carbonyl (C=O) groups is 2. The average Bonchev–Trinajstić information content (AvgIpc) is 3.24. The van der Waals surface area contributed by atoms with Crippen LogP contribution in [0, 0.1) is 0 Å². The zero-order chi connectivity index (χ0) is 23.1. The van der Waals surface area contributed by atoms with Crippen molar-refractivity contribution in [2.45, 2.75) is 24.3 Å². The lowest BCUT2D eigenvalue weighted by atomic mass is 10.1. The van der Waals surface area contributed by atoms with Crippen LogP contribution >= 0.6 is 23.1 Å². The number of aromatic nitrogens is 2. The van der Waals surface area contributed by atoms with Gasteiger partial charge in [-0.1, -0.05) is 30.0 Å². The summed E-state index contributed by atoms with van der Waals surface area (Å²) in [6.07, 6.45) is -4.74. The van der Waals surface area contributed by atoms with Crippen LogP contribution < -0.4 is 16.2 Å². The molecule has 2 aromatic heterocycles. The van der Waals surface area contributed by atoms with Gasteiger partial charge in [0.15, 0.2) is 5.16 Å². The number of hydrogen-bond acceptors (Lipinski definition) is 6. The van der Waals surface area contributed by atoms with E-state index in [4.69, 9.17) is 0 Å². The number of benzene rings is 1. The van der Waals surface area contributed by atoms with Gasteiger partial charge in [-0.15, -0.1) is 11.3 Å². The zero-order valence-corrected chi connectivity index (χ0v) is 18.0. The Morgan fingerprint density at radius 1 is 1.12 bits per heavy atom. The summed E-state index contributed by atoms with van der Waals surface area (Å²) in [5.41, 5.74) is -1.61. The van der Waals surface area contributed by atoms with Crippen LogP contribution in [0.4, 0.5) is 18.9 Å². The molecule has 1 aromatic carbocycles. The maximum atomic E-state index is 13.0. The van der Waals surface area contributed by atoms with Gasteiger partial charge in [-0.05, 0) is 23.6 Å². The lowest BCUT2D eigenvalue weighted by molar-refractivity contribution is -0.137. The molecule has 168 valence electrons. The largest absolute Gasteiger partial charge is 0.418 e. The fourth-order valence-electron chi connectivity index (χ4n) is 2.63. The number of aromatic amines is 1. The molecule has 0 aliphatic carbocycles. The van der Waals surface area contributed by atoms with E-state index >= 15 is 0 Å². The van der Waals surface area contributed by atoms with Crippen molar-refractivity contribution in [3.8, 4) is 0 Å². The van der Waals surface area contributed by atoms with Crippen molar-refractivity contribution >= 4 is 40.6 Å². The minimum Gasteiger partial charge on any atom is -0.351 e. The fraction of sp³-hybridized carbons (Fsp3) is 0.200. The Kier molecular flexibility index (Phi) is 7.70. The third kappa shape index (κ3) is 6.95. The number of nitrogens with zero attached hydrogens (tertiary/aromatic N) is 1. The van der Waals surface area contributed by atoms with E-state index in [9.17, 15) is 27.6 Å². The van der Waals surface area contributed by atoms with Crippen molar-refractivity contribution in [1.29, 1.82) is 0 Å². The molecule has 2 heterocycles. The van der Waals surface area contributed by atoms with Crippen molar-refractivity contribution in [2.75, 3.05) is 11.1 Å². The van der Waals surface area contributed by atoms with E-state index in [0.717, 1.165) is 28.8 Å². The molecule has 0 fully saturated rings. The molecule has 0 spiro atoms. The standard InChI is InChI=1S/C20H17F3N4O3S2/c21-20(22,23)14-5-1-2-6-15(14)26-18(30)11-32-19-25-12(9-17(29)27-19)8-16(28)24-10-13-4-3-7-31-13/h1-7,9H,8,10-11H2,(H,24,28)(H,26,30)(H,25,27,29). The molecule has 3 rings (SSSR count). The molecule has 0 saturated heterocycles. The molecule has 0 saturated carbocycles. The number of amides is 2. The third-order valence-electron chi connectivity index (χ3n) is 4.00. The third-order valence-corrected chi connectivity index (χ3v) is 5.75. The smallest absolute Gasteiger partial charge is 0.351 e. The van der Waals surface area contributed by atoms with Gasteiger partial charge >= 0.3 is 6.18 Å². The first-order valence-corrected chi connectivity index (χ1v) is 11.1. The first-order valence-electron chi connectivity index (χ1n) is 9.19. The summed E-state index contributed by atoms with van der Waals surface area (Å²) in [5.74, 6) is -1.31. The number of hydrogen-bond donors (Lipinski definition) is 3. The first-order chi connectivity index (χ1) is 15.2. The molecule has 3 N–H and O–H groups in total. The Morgan fingerprint density at radius 3 is 2.62 bits per heavy atom. The molecule has 0 aliphatic rings. The van der Waals surface area contributed by atoms with Crippen LogP contribution in [-0.2, 0) is 28.7 Å². The van der Waals surface area contributed by atoms with Crippen molar-refractivity contribution in [1.82, 2.24) is 15.3 Å². The van der Waals surface area contributed by atoms with Gasteiger partial charge < -0.3 is 15.6 Å². The highest BCUT2D eigenvalue weighted by Gasteiger charge is 2.33. The topological polar surface area (TPSA) is 104 Å². The number of halogens is 3. The van der Waals surface area contributed by atoms with Gasteiger partial charge in [0.2, 0.25) is 11.8 Å². The van der Waals surface area contributed by atoms with Crippen LogP contribution in [-0.4, -0.2) is 27.5 Å². The number of H-pyrrole nitrogens is 1.